The second-order valence-corrected chi connectivity index (χ2v) is 6.35. The summed E-state index contributed by atoms with van der Waals surface area (Å²) in [6, 6.07) is 5.69. The van der Waals surface area contributed by atoms with Crippen LogP contribution < -0.4 is 0 Å². The van der Waals surface area contributed by atoms with Crippen LogP contribution in [0.3, 0.4) is 0 Å². The van der Waals surface area contributed by atoms with Gasteiger partial charge in [0.15, 0.2) is 0 Å². The zero-order valence-corrected chi connectivity index (χ0v) is 13.1. The van der Waals surface area contributed by atoms with Crippen LogP contribution in [0.1, 0.15) is 17.3 Å². The Kier molecular flexibility index (Phi) is 3.49. The molecule has 2 atom stereocenters. The van der Waals surface area contributed by atoms with Crippen LogP contribution in [0, 0.1) is 11.8 Å². The van der Waals surface area contributed by atoms with E-state index in [2.05, 4.69) is 20.9 Å². The van der Waals surface area contributed by atoms with Crippen LogP contribution in [0.4, 0.5) is 0 Å². The number of amides is 1. The number of aromatic amines is 1. The van der Waals surface area contributed by atoms with Crippen molar-refractivity contribution < 1.29 is 14.7 Å². The van der Waals surface area contributed by atoms with E-state index in [1.165, 1.54) is 0 Å². The van der Waals surface area contributed by atoms with Crippen molar-refractivity contribution in [1.82, 2.24) is 9.88 Å². The number of aliphatic carboxylic acids is 1. The number of fused-ring (bicyclic) bond motifs is 1. The summed E-state index contributed by atoms with van der Waals surface area (Å²) in [5.41, 5.74) is 1.46. The van der Waals surface area contributed by atoms with Gasteiger partial charge in [-0.3, -0.25) is 9.59 Å². The molecule has 0 radical (unpaired) electrons. The van der Waals surface area contributed by atoms with Gasteiger partial charge in [-0.1, -0.05) is 28.9 Å². The summed E-state index contributed by atoms with van der Waals surface area (Å²) in [4.78, 5) is 28.6. The fourth-order valence-electron chi connectivity index (χ4n) is 2.93. The lowest BCUT2D eigenvalue weighted by Crippen LogP contribution is -2.29. The molecule has 2 aromatic rings. The standard InChI is InChI=1S/C15H15BrN2O3/c1-8-6-18(7-10(8)15(20)21)14(19)9-5-17-12-4-2-3-11(16)13(9)12/h2-5,8,10,17H,6-7H2,1H3,(H,20,21)/t8-,10-/m1/s1. The number of benzene rings is 1. The minimum Gasteiger partial charge on any atom is -0.481 e. The molecule has 110 valence electrons. The maximum absolute atomic E-state index is 12.7. The molecule has 0 saturated carbocycles. The smallest absolute Gasteiger partial charge is 0.308 e. The number of hydrogen-bond acceptors (Lipinski definition) is 2. The van der Waals surface area contributed by atoms with Gasteiger partial charge in [0.25, 0.3) is 5.91 Å². The average molecular weight is 351 g/mol. The van der Waals surface area contributed by atoms with Gasteiger partial charge in [0, 0.05) is 34.7 Å². The van der Waals surface area contributed by atoms with E-state index in [0.717, 1.165) is 15.4 Å². The molecule has 21 heavy (non-hydrogen) atoms. The summed E-state index contributed by atoms with van der Waals surface area (Å²) in [5, 5.41) is 10.0. The molecule has 1 aliphatic heterocycles. The number of halogens is 1. The predicted octanol–water partition coefficient (Wildman–Crippen LogP) is 2.72. The highest BCUT2D eigenvalue weighted by atomic mass is 79.9. The molecule has 6 heteroatoms. The van der Waals surface area contributed by atoms with Gasteiger partial charge in [0.1, 0.15) is 0 Å². The number of aromatic nitrogens is 1. The average Bonchev–Trinajstić information content (AvgIpc) is 3.02. The fourth-order valence-corrected chi connectivity index (χ4v) is 3.51. The Labute approximate surface area is 130 Å². The summed E-state index contributed by atoms with van der Waals surface area (Å²) in [6.07, 6.45) is 1.69. The van der Waals surface area contributed by atoms with E-state index >= 15 is 0 Å². The molecule has 1 aromatic carbocycles. The molecule has 1 amide bonds. The summed E-state index contributed by atoms with van der Waals surface area (Å²) >= 11 is 3.47. The number of hydrogen-bond donors (Lipinski definition) is 2. The van der Waals surface area contributed by atoms with Crippen molar-refractivity contribution in [1.29, 1.82) is 0 Å². The minimum atomic E-state index is -0.835. The number of H-pyrrole nitrogens is 1. The van der Waals surface area contributed by atoms with Crippen LogP contribution in [-0.4, -0.2) is 40.0 Å². The molecule has 1 aromatic heterocycles. The van der Waals surface area contributed by atoms with Crippen LogP contribution in [0.5, 0.6) is 0 Å². The van der Waals surface area contributed by atoms with Crippen LogP contribution in [0.25, 0.3) is 10.9 Å². The molecular weight excluding hydrogens is 336 g/mol. The Morgan fingerprint density at radius 1 is 1.38 bits per heavy atom. The van der Waals surface area contributed by atoms with E-state index in [9.17, 15) is 14.7 Å². The highest BCUT2D eigenvalue weighted by Crippen LogP contribution is 2.30. The minimum absolute atomic E-state index is 0.0277. The number of carbonyl (C=O) groups excluding carboxylic acids is 1. The van der Waals surface area contributed by atoms with E-state index in [0.29, 0.717) is 12.1 Å². The molecule has 0 aliphatic carbocycles. The lowest BCUT2D eigenvalue weighted by molar-refractivity contribution is -0.142. The maximum Gasteiger partial charge on any atom is 0.308 e. The topological polar surface area (TPSA) is 73.4 Å². The largest absolute Gasteiger partial charge is 0.481 e. The highest BCUT2D eigenvalue weighted by molar-refractivity contribution is 9.10. The van der Waals surface area contributed by atoms with E-state index in [1.54, 1.807) is 11.1 Å². The van der Waals surface area contributed by atoms with Gasteiger partial charge in [-0.2, -0.15) is 0 Å². The van der Waals surface area contributed by atoms with Crippen LogP contribution in [0.2, 0.25) is 0 Å². The first-order valence-electron chi connectivity index (χ1n) is 6.76. The van der Waals surface area contributed by atoms with Gasteiger partial charge >= 0.3 is 5.97 Å². The van der Waals surface area contributed by atoms with Crippen LogP contribution >= 0.6 is 15.9 Å². The summed E-state index contributed by atoms with van der Waals surface area (Å²) in [6.45, 7) is 2.62. The number of carboxylic acids is 1. The molecule has 2 heterocycles. The number of rotatable bonds is 2. The number of carbonyl (C=O) groups is 2. The van der Waals surface area contributed by atoms with Crippen molar-refractivity contribution >= 4 is 38.7 Å². The molecule has 0 unspecified atom stereocenters. The molecule has 3 rings (SSSR count). The molecule has 1 aliphatic rings. The Balaban J connectivity index is 1.94. The Morgan fingerprint density at radius 2 is 2.14 bits per heavy atom. The molecule has 5 nitrogen and oxygen atoms in total. The molecule has 1 saturated heterocycles. The Morgan fingerprint density at radius 3 is 2.81 bits per heavy atom. The van der Waals surface area contributed by atoms with Crippen molar-refractivity contribution in [2.24, 2.45) is 11.8 Å². The first-order chi connectivity index (χ1) is 9.99. The molecule has 0 bridgehead atoms. The molecular formula is C15H15BrN2O3. The first kappa shape index (κ1) is 14.1. The Bertz CT molecular complexity index is 725. The van der Waals surface area contributed by atoms with Gasteiger partial charge < -0.3 is 15.0 Å². The van der Waals surface area contributed by atoms with Crippen molar-refractivity contribution in [3.05, 3.63) is 34.4 Å². The SMILES string of the molecule is C[C@@H]1CN(C(=O)c2c[nH]c3cccc(Br)c23)C[C@H]1C(=O)O. The molecule has 1 fully saturated rings. The number of carboxylic acid groups (broad SMARTS) is 1. The van der Waals surface area contributed by atoms with Crippen molar-refractivity contribution in [2.45, 2.75) is 6.92 Å². The number of nitrogens with zero attached hydrogens (tertiary/aromatic N) is 1. The summed E-state index contributed by atoms with van der Waals surface area (Å²) in [5.74, 6) is -1.47. The van der Waals surface area contributed by atoms with Crippen molar-refractivity contribution in [3.8, 4) is 0 Å². The normalized spacial score (nSPS) is 21.9. The van der Waals surface area contributed by atoms with Gasteiger partial charge in [0.05, 0.1) is 11.5 Å². The second-order valence-electron chi connectivity index (χ2n) is 5.50. The third kappa shape index (κ3) is 2.33. The first-order valence-corrected chi connectivity index (χ1v) is 7.56. The van der Waals surface area contributed by atoms with E-state index < -0.39 is 11.9 Å². The van der Waals surface area contributed by atoms with Crippen molar-refractivity contribution in [2.75, 3.05) is 13.1 Å². The lowest BCUT2D eigenvalue weighted by Gasteiger charge is -2.15. The zero-order chi connectivity index (χ0) is 15.1. The monoisotopic (exact) mass is 350 g/mol. The zero-order valence-electron chi connectivity index (χ0n) is 11.5. The van der Waals surface area contributed by atoms with Crippen LogP contribution in [-0.2, 0) is 4.79 Å². The van der Waals surface area contributed by atoms with Gasteiger partial charge in [-0.15, -0.1) is 0 Å². The number of likely N-dealkylation sites (tertiary alicyclic amines) is 1. The Hall–Kier alpha value is -1.82. The van der Waals surface area contributed by atoms with E-state index in [1.807, 2.05) is 25.1 Å². The second kappa shape index (κ2) is 5.18. The van der Waals surface area contributed by atoms with Crippen molar-refractivity contribution in [3.63, 3.8) is 0 Å². The fraction of sp³-hybridized carbons (Fsp3) is 0.333. The van der Waals surface area contributed by atoms with Crippen LogP contribution in [0.15, 0.2) is 28.9 Å². The lowest BCUT2D eigenvalue weighted by atomic mass is 9.99. The van der Waals surface area contributed by atoms with E-state index in [-0.39, 0.29) is 18.4 Å². The molecule has 2 N–H and O–H groups in total. The number of nitrogens with one attached hydrogen (secondary N) is 1. The van der Waals surface area contributed by atoms with Gasteiger partial charge in [0.2, 0.25) is 0 Å². The van der Waals surface area contributed by atoms with Gasteiger partial charge in [-0.05, 0) is 18.1 Å². The summed E-state index contributed by atoms with van der Waals surface area (Å²) < 4.78 is 0.853. The quantitative estimate of drug-likeness (QED) is 0.874. The predicted molar refractivity (Wildman–Crippen MR) is 82.2 cm³/mol. The maximum atomic E-state index is 12.7. The van der Waals surface area contributed by atoms with Gasteiger partial charge in [-0.25, -0.2) is 0 Å². The highest BCUT2D eigenvalue weighted by Gasteiger charge is 2.37. The third-order valence-electron chi connectivity index (χ3n) is 4.10. The third-order valence-corrected chi connectivity index (χ3v) is 4.76. The summed E-state index contributed by atoms with van der Waals surface area (Å²) in [7, 11) is 0. The molecule has 0 spiro atoms. The van der Waals surface area contributed by atoms with E-state index in [4.69, 9.17) is 0 Å².